The molecule has 0 aliphatic heterocycles. The number of halogens is 1. The third kappa shape index (κ3) is 4.10. The van der Waals surface area contributed by atoms with Gasteiger partial charge in [0, 0.05) is 16.6 Å². The molecule has 0 atom stereocenters. The van der Waals surface area contributed by atoms with Crippen LogP contribution in [0.1, 0.15) is 15.9 Å². The standard InChI is InChI=1S/C16H16BrNO2/c1-20-15-4-2-3-12(11-15)9-10-18-16(19)13-5-7-14(17)8-6-13/h2-8,11H,9-10H2,1H3,(H,18,19). The van der Waals surface area contributed by atoms with Gasteiger partial charge in [-0.1, -0.05) is 28.1 Å². The highest BCUT2D eigenvalue weighted by Crippen LogP contribution is 2.13. The highest BCUT2D eigenvalue weighted by molar-refractivity contribution is 9.10. The Hall–Kier alpha value is -1.81. The third-order valence-corrected chi connectivity index (χ3v) is 3.47. The van der Waals surface area contributed by atoms with Crippen molar-refractivity contribution in [3.63, 3.8) is 0 Å². The normalized spacial score (nSPS) is 10.1. The average Bonchev–Trinajstić information content (AvgIpc) is 2.48. The highest BCUT2D eigenvalue weighted by Gasteiger charge is 2.04. The van der Waals surface area contributed by atoms with Crippen molar-refractivity contribution in [1.29, 1.82) is 0 Å². The monoisotopic (exact) mass is 333 g/mol. The van der Waals surface area contributed by atoms with Crippen LogP contribution in [0.2, 0.25) is 0 Å². The minimum Gasteiger partial charge on any atom is -0.497 e. The first-order valence-corrected chi connectivity index (χ1v) is 7.15. The molecular weight excluding hydrogens is 318 g/mol. The molecular formula is C16H16BrNO2. The van der Waals surface area contributed by atoms with Crippen LogP contribution in [0.5, 0.6) is 5.75 Å². The molecule has 104 valence electrons. The van der Waals surface area contributed by atoms with E-state index in [0.717, 1.165) is 22.2 Å². The maximum atomic E-state index is 11.9. The van der Waals surface area contributed by atoms with Crippen LogP contribution in [0.25, 0.3) is 0 Å². The molecule has 0 saturated heterocycles. The first kappa shape index (κ1) is 14.6. The Morgan fingerprint density at radius 3 is 2.65 bits per heavy atom. The molecule has 2 aromatic rings. The van der Waals surface area contributed by atoms with E-state index in [0.29, 0.717) is 12.1 Å². The number of carbonyl (C=O) groups excluding carboxylic acids is 1. The number of rotatable bonds is 5. The van der Waals surface area contributed by atoms with E-state index in [4.69, 9.17) is 4.74 Å². The Morgan fingerprint density at radius 2 is 1.95 bits per heavy atom. The maximum absolute atomic E-state index is 11.9. The van der Waals surface area contributed by atoms with Gasteiger partial charge in [0.15, 0.2) is 0 Å². The van der Waals surface area contributed by atoms with Gasteiger partial charge in [-0.15, -0.1) is 0 Å². The van der Waals surface area contributed by atoms with Crippen molar-refractivity contribution in [3.8, 4) is 5.75 Å². The molecule has 4 heteroatoms. The number of hydrogen-bond donors (Lipinski definition) is 1. The van der Waals surface area contributed by atoms with Crippen molar-refractivity contribution in [1.82, 2.24) is 5.32 Å². The summed E-state index contributed by atoms with van der Waals surface area (Å²) in [5.74, 6) is 0.780. The van der Waals surface area contributed by atoms with Crippen molar-refractivity contribution < 1.29 is 9.53 Å². The number of ether oxygens (including phenoxy) is 1. The molecule has 2 rings (SSSR count). The first-order chi connectivity index (χ1) is 9.69. The number of benzene rings is 2. The van der Waals surface area contributed by atoms with Crippen molar-refractivity contribution in [2.75, 3.05) is 13.7 Å². The second-order valence-corrected chi connectivity index (χ2v) is 5.28. The van der Waals surface area contributed by atoms with E-state index in [-0.39, 0.29) is 5.91 Å². The zero-order valence-corrected chi connectivity index (χ0v) is 12.8. The Kier molecular flexibility index (Phi) is 5.18. The maximum Gasteiger partial charge on any atom is 0.251 e. The minimum absolute atomic E-state index is 0.0552. The van der Waals surface area contributed by atoms with Gasteiger partial charge in [-0.05, 0) is 48.4 Å². The number of hydrogen-bond acceptors (Lipinski definition) is 2. The van der Waals surface area contributed by atoms with Crippen LogP contribution < -0.4 is 10.1 Å². The fraction of sp³-hybridized carbons (Fsp3) is 0.188. The predicted octanol–water partition coefficient (Wildman–Crippen LogP) is 3.43. The Bertz CT molecular complexity index is 581. The van der Waals surface area contributed by atoms with E-state index in [1.54, 1.807) is 19.2 Å². The number of methoxy groups -OCH3 is 1. The van der Waals surface area contributed by atoms with E-state index in [2.05, 4.69) is 21.2 Å². The largest absolute Gasteiger partial charge is 0.497 e. The van der Waals surface area contributed by atoms with Gasteiger partial charge in [0.2, 0.25) is 0 Å². The summed E-state index contributed by atoms with van der Waals surface area (Å²) >= 11 is 3.35. The van der Waals surface area contributed by atoms with Crippen LogP contribution in [0, 0.1) is 0 Å². The average molecular weight is 334 g/mol. The van der Waals surface area contributed by atoms with Gasteiger partial charge >= 0.3 is 0 Å². The lowest BCUT2D eigenvalue weighted by atomic mass is 10.1. The second-order valence-electron chi connectivity index (χ2n) is 4.36. The number of nitrogens with one attached hydrogen (secondary N) is 1. The summed E-state index contributed by atoms with van der Waals surface area (Å²) in [5, 5.41) is 2.91. The SMILES string of the molecule is COc1cccc(CCNC(=O)c2ccc(Br)cc2)c1. The molecule has 0 radical (unpaired) electrons. The smallest absolute Gasteiger partial charge is 0.251 e. The quantitative estimate of drug-likeness (QED) is 0.910. The van der Waals surface area contributed by atoms with Crippen molar-refractivity contribution in [3.05, 3.63) is 64.1 Å². The van der Waals surface area contributed by atoms with Crippen molar-refractivity contribution in [2.24, 2.45) is 0 Å². The lowest BCUT2D eigenvalue weighted by Crippen LogP contribution is -2.25. The molecule has 0 spiro atoms. The van der Waals surface area contributed by atoms with Gasteiger partial charge in [-0.25, -0.2) is 0 Å². The summed E-state index contributed by atoms with van der Waals surface area (Å²) in [6, 6.07) is 15.2. The molecule has 2 aromatic carbocycles. The molecule has 1 N–H and O–H groups in total. The topological polar surface area (TPSA) is 38.3 Å². The van der Waals surface area contributed by atoms with E-state index in [1.807, 2.05) is 36.4 Å². The lowest BCUT2D eigenvalue weighted by molar-refractivity contribution is 0.0954. The van der Waals surface area contributed by atoms with Crippen LogP contribution >= 0.6 is 15.9 Å². The molecule has 0 saturated carbocycles. The highest BCUT2D eigenvalue weighted by atomic mass is 79.9. The first-order valence-electron chi connectivity index (χ1n) is 6.36. The van der Waals surface area contributed by atoms with E-state index >= 15 is 0 Å². The summed E-state index contributed by atoms with van der Waals surface area (Å²) in [7, 11) is 1.65. The molecule has 3 nitrogen and oxygen atoms in total. The summed E-state index contributed by atoms with van der Waals surface area (Å²) in [6.45, 7) is 0.599. The Labute approximate surface area is 127 Å². The second kappa shape index (κ2) is 7.10. The fourth-order valence-electron chi connectivity index (χ4n) is 1.85. The van der Waals surface area contributed by atoms with Gasteiger partial charge in [-0.2, -0.15) is 0 Å². The van der Waals surface area contributed by atoms with E-state index < -0.39 is 0 Å². The molecule has 1 amide bonds. The zero-order valence-electron chi connectivity index (χ0n) is 11.2. The van der Waals surface area contributed by atoms with Gasteiger partial charge < -0.3 is 10.1 Å². The van der Waals surface area contributed by atoms with Crippen LogP contribution in [-0.2, 0) is 6.42 Å². The third-order valence-electron chi connectivity index (χ3n) is 2.94. The summed E-state index contributed by atoms with van der Waals surface area (Å²) in [5.41, 5.74) is 1.80. The summed E-state index contributed by atoms with van der Waals surface area (Å²) < 4.78 is 6.13. The Balaban J connectivity index is 1.86. The predicted molar refractivity (Wildman–Crippen MR) is 83.2 cm³/mol. The molecule has 0 aliphatic carbocycles. The zero-order chi connectivity index (χ0) is 14.4. The molecule has 20 heavy (non-hydrogen) atoms. The van der Waals surface area contributed by atoms with Gasteiger partial charge in [0.25, 0.3) is 5.91 Å². The molecule has 0 aromatic heterocycles. The number of amides is 1. The molecule has 0 aliphatic rings. The molecule has 0 bridgehead atoms. The van der Waals surface area contributed by atoms with Gasteiger partial charge in [0.1, 0.15) is 5.75 Å². The van der Waals surface area contributed by atoms with Crippen molar-refractivity contribution in [2.45, 2.75) is 6.42 Å². The summed E-state index contributed by atoms with van der Waals surface area (Å²) in [4.78, 5) is 11.9. The molecule has 0 fully saturated rings. The van der Waals surface area contributed by atoms with Crippen LogP contribution in [0.4, 0.5) is 0 Å². The van der Waals surface area contributed by atoms with E-state index in [1.165, 1.54) is 0 Å². The fourth-order valence-corrected chi connectivity index (χ4v) is 2.12. The number of carbonyl (C=O) groups is 1. The Morgan fingerprint density at radius 1 is 1.20 bits per heavy atom. The molecule has 0 unspecified atom stereocenters. The van der Waals surface area contributed by atoms with Gasteiger partial charge in [-0.3, -0.25) is 4.79 Å². The van der Waals surface area contributed by atoms with Crippen LogP contribution in [-0.4, -0.2) is 19.6 Å². The summed E-state index contributed by atoms with van der Waals surface area (Å²) in [6.07, 6.45) is 0.777. The van der Waals surface area contributed by atoms with Crippen LogP contribution in [0.15, 0.2) is 53.0 Å². The van der Waals surface area contributed by atoms with Crippen molar-refractivity contribution >= 4 is 21.8 Å². The van der Waals surface area contributed by atoms with Gasteiger partial charge in [0.05, 0.1) is 7.11 Å². The molecule has 0 heterocycles. The lowest BCUT2D eigenvalue weighted by Gasteiger charge is -2.07. The van der Waals surface area contributed by atoms with E-state index in [9.17, 15) is 4.79 Å². The van der Waals surface area contributed by atoms with Crippen LogP contribution in [0.3, 0.4) is 0 Å². The minimum atomic E-state index is -0.0552.